The molecule has 21 rings (SSSR count). The molecule has 0 saturated heterocycles. The van der Waals surface area contributed by atoms with Crippen LogP contribution in [0.4, 0.5) is 26.3 Å². The molecular weight excluding hydrogens is 2000 g/mol. The van der Waals surface area contributed by atoms with Gasteiger partial charge in [-0.1, -0.05) is 204 Å². The third-order valence-corrected chi connectivity index (χ3v) is 32.2. The van der Waals surface area contributed by atoms with E-state index in [1.807, 2.05) is 83.3 Å². The Kier molecular flexibility index (Phi) is 36.2. The van der Waals surface area contributed by atoms with Crippen LogP contribution in [0.25, 0.3) is 38.6 Å². The number of pyridine rings is 7. The lowest BCUT2D eigenvalue weighted by Crippen LogP contribution is -2.23. The third kappa shape index (κ3) is 25.1. The molecule has 0 aromatic carbocycles. The molecule has 137 heavy (non-hydrogen) atoms. The van der Waals surface area contributed by atoms with Crippen molar-refractivity contribution in [3.63, 3.8) is 0 Å². The molecule has 14 aromatic rings. The first-order valence-electron chi connectivity index (χ1n) is 49.7. The van der Waals surface area contributed by atoms with Gasteiger partial charge in [-0.3, -0.25) is 22.0 Å². The van der Waals surface area contributed by atoms with E-state index in [1.165, 1.54) is 174 Å². The maximum atomic E-state index is 13.3. The van der Waals surface area contributed by atoms with Crippen LogP contribution in [0, 0.1) is 73.8 Å². The number of aromatic nitrogens is 14. The third-order valence-electron chi connectivity index (χ3n) is 30.1. The van der Waals surface area contributed by atoms with Gasteiger partial charge >= 0.3 is 12.4 Å². The van der Waals surface area contributed by atoms with E-state index >= 15 is 0 Å². The maximum absolute atomic E-state index is 13.3. The number of hydrogen-bond donors (Lipinski definition) is 7. The van der Waals surface area contributed by atoms with Gasteiger partial charge in [0.25, 0.3) is 0 Å². The number of aliphatic hydroxyl groups is 7. The second-order valence-electron chi connectivity index (χ2n) is 39.0. The van der Waals surface area contributed by atoms with Gasteiger partial charge in [-0.15, -0.1) is 6.42 Å². The summed E-state index contributed by atoms with van der Waals surface area (Å²) in [7, 11) is 0. The molecule has 8 unspecified atom stereocenters. The topological polar surface area (TPSA) is 263 Å². The van der Waals surface area contributed by atoms with Crippen LogP contribution >= 0.6 is 56.8 Å². The molecule has 7 fully saturated rings. The number of imidazole rings is 7. The average Bonchev–Trinajstić information content (AvgIpc) is 1.71. The van der Waals surface area contributed by atoms with Crippen LogP contribution in [-0.4, -0.2) is 101 Å². The van der Waals surface area contributed by atoms with Crippen LogP contribution in [-0.2, 0) is 12.4 Å². The Bertz CT molecular complexity index is 6140. The monoisotopic (exact) mass is 2130 g/mol. The van der Waals surface area contributed by atoms with E-state index < -0.39 is 47.9 Å². The van der Waals surface area contributed by atoms with Crippen molar-refractivity contribution in [2.75, 3.05) is 0 Å². The normalized spacial score (nSPS) is 19.1. The summed E-state index contributed by atoms with van der Waals surface area (Å²) in [5.74, 6) is 5.48. The van der Waals surface area contributed by atoms with Crippen molar-refractivity contribution in [3.05, 3.63) is 247 Å². The molecule has 0 spiro atoms. The summed E-state index contributed by atoms with van der Waals surface area (Å²) in [5.41, 5.74) is 11.1. The fourth-order valence-corrected chi connectivity index (χ4v) is 24.3. The predicted molar refractivity (Wildman–Crippen MR) is 539 cm³/mol. The van der Waals surface area contributed by atoms with Gasteiger partial charge in [0.2, 0.25) is 0 Å². The van der Waals surface area contributed by atoms with Crippen LogP contribution in [0.3, 0.4) is 0 Å². The van der Waals surface area contributed by atoms with Crippen molar-refractivity contribution in [2.45, 2.75) is 306 Å². The van der Waals surface area contributed by atoms with E-state index in [4.69, 9.17) is 18.0 Å². The van der Waals surface area contributed by atoms with Crippen molar-refractivity contribution in [1.29, 1.82) is 0 Å². The van der Waals surface area contributed by atoms with Crippen LogP contribution in [0.5, 0.6) is 0 Å². The molecule has 8 atom stereocenters. The minimum Gasteiger partial charge on any atom is -0.387 e. The Hall–Kier alpha value is -8.56. The summed E-state index contributed by atoms with van der Waals surface area (Å²) >= 11 is 10.9. The van der Waals surface area contributed by atoms with Gasteiger partial charge in [0.05, 0.1) is 225 Å². The number of nitrogens with zero attached hydrogens (tertiary/aromatic N) is 14. The largest absolute Gasteiger partial charge is 0.418 e. The summed E-state index contributed by atoms with van der Waals surface area (Å²) in [6.07, 6.45) is 58.0. The van der Waals surface area contributed by atoms with E-state index in [9.17, 15) is 62.1 Å². The maximum Gasteiger partial charge on any atom is 0.418 e. The summed E-state index contributed by atoms with van der Waals surface area (Å²) in [6.45, 7) is 4.22. The van der Waals surface area contributed by atoms with Crippen molar-refractivity contribution in [2.24, 2.45) is 47.3 Å². The zero-order valence-corrected chi connectivity index (χ0v) is 83.4. The first kappa shape index (κ1) is 103. The molecule has 7 aliphatic carbocycles. The minimum absolute atomic E-state index is 0.0793. The zero-order chi connectivity index (χ0) is 96.4. The molecule has 30 heteroatoms. The van der Waals surface area contributed by atoms with Crippen molar-refractivity contribution in [1.82, 2.24) is 65.7 Å². The molecule has 21 nitrogen and oxygen atoms in total. The molecule has 734 valence electrons. The number of rotatable bonds is 17. The lowest BCUT2D eigenvalue weighted by atomic mass is 9.77. The molecule has 0 radical (unpaired) electrons. The van der Waals surface area contributed by atoms with Gasteiger partial charge in [0.15, 0.2) is 0 Å². The number of aryl methyl sites for hydroxylation is 1. The average molecular weight is 2130 g/mol. The first-order valence-corrected chi connectivity index (χ1v) is 52.2. The fourth-order valence-electron chi connectivity index (χ4n) is 22.5. The Morgan fingerprint density at radius 2 is 0.606 bits per heavy atom. The van der Waals surface area contributed by atoms with E-state index in [-0.39, 0.29) is 41.5 Å². The van der Waals surface area contributed by atoms with E-state index in [0.29, 0.717) is 58.0 Å². The summed E-state index contributed by atoms with van der Waals surface area (Å²) in [5, 5.41) is 75.2. The summed E-state index contributed by atoms with van der Waals surface area (Å²) in [4.78, 5) is 28.6. The number of hydrogen-bond acceptors (Lipinski definition) is 14. The lowest BCUT2D eigenvalue weighted by molar-refractivity contribution is -0.140. The Morgan fingerprint density at radius 3 is 0.993 bits per heavy atom. The number of aliphatic hydroxyl groups excluding tert-OH is 7. The fraction of sp³-hybridized carbons (Fsp3) is 0.523. The van der Waals surface area contributed by atoms with Gasteiger partial charge in [0.1, 0.15) is 0 Å². The molecule has 0 bridgehead atoms. The van der Waals surface area contributed by atoms with Crippen LogP contribution in [0.15, 0.2) is 173 Å². The smallest absolute Gasteiger partial charge is 0.387 e. The quantitative estimate of drug-likeness (QED) is 0.0254. The van der Waals surface area contributed by atoms with Gasteiger partial charge in [-0.2, -0.15) is 26.3 Å². The summed E-state index contributed by atoms with van der Waals surface area (Å²) < 4.78 is 94.5. The molecule has 0 aliphatic heterocycles. The number of halogens is 9. The number of fused-ring (bicyclic) bond motifs is 7. The molecular formula is C107H131ClF6I2N14O7. The second-order valence-corrected chi connectivity index (χ2v) is 41.8. The standard InChI is InChI=1S/C16H21ClN2O.C16H19F3N2O.C16H18N2O.C15H17F3N2O.C15H19IN2O.C15H20N2O.C14H17IN2O/c1-11(12-5-3-2-4-6-12)16(20)15-14(17)8-7-13-9-18-10-19(13)15;17-16(18,19)13-7-6-12-9-20-10-21(12)15(13)14(22)8-11-4-2-1-3-5-11;1-2-12-8-9-14-10-17-11-18(14)15(12)16(19)13-6-4-3-5-7-13;16-15(17,18)12-7-6-11-8-19-9-20(11)13(12)14(21)10-4-2-1-3-5-10;16-13-7-6-12-9-17-10-18(12)15(13)14(19)8-11-4-2-1-3-5-11;1-11-7-8-13-9-16-10-17(13)14(11)15(18)12-5-3-2-4-6-12;15-12-7-6-11-8-16-9-17(11)13(12)14(18)10-4-2-1-3-5-10/h7-12,16,20H,2-6H2,1H3;6-7,9-11,14,22H,1-5,8H2;1,8-11,13,16,19H,3-7H2;6-10,14,21H,1-5H2;6-7,9-11,14,19H,1-5,8H2;7-10,12,15,18H,2-6H2,1H3;6-10,14,18H,1-5H2. The van der Waals surface area contributed by atoms with E-state index in [1.54, 1.807) is 37.7 Å². The minimum atomic E-state index is -4.48. The van der Waals surface area contributed by atoms with Crippen LogP contribution in [0.1, 0.15) is 349 Å². The van der Waals surface area contributed by atoms with E-state index in [0.717, 1.165) is 189 Å². The Morgan fingerprint density at radius 1 is 0.336 bits per heavy atom. The van der Waals surface area contributed by atoms with Gasteiger partial charge in [-0.05, 0) is 248 Å². The molecule has 14 aromatic heterocycles. The number of terminal acetylenes is 1. The highest BCUT2D eigenvalue weighted by atomic mass is 127. The molecule has 7 saturated carbocycles. The highest BCUT2D eigenvalue weighted by molar-refractivity contribution is 14.1. The summed E-state index contributed by atoms with van der Waals surface area (Å²) in [6, 6.07) is 24.8. The Balaban J connectivity index is 0.000000121. The second kappa shape index (κ2) is 48.3. The van der Waals surface area contributed by atoms with Crippen LogP contribution in [0.2, 0.25) is 5.02 Å². The zero-order valence-electron chi connectivity index (χ0n) is 78.4. The van der Waals surface area contributed by atoms with Crippen molar-refractivity contribution >= 4 is 95.4 Å². The first-order chi connectivity index (χ1) is 66.2. The van der Waals surface area contributed by atoms with Crippen LogP contribution < -0.4 is 0 Å². The molecule has 14 heterocycles. The molecule has 7 N–H and O–H groups in total. The predicted octanol–water partition coefficient (Wildman–Crippen LogP) is 26.2. The molecule has 7 aliphatic rings. The van der Waals surface area contributed by atoms with Gasteiger partial charge in [0, 0.05) is 12.7 Å². The SMILES string of the molecule is C#Cc1ccc2cncn2c1C(O)C1CCCCC1.CC(C1CCCCC1)C(O)c1c(Cl)ccc2cncn12.Cc1ccc2cncn2c1C(O)C1CCCCC1.OC(CC1CCCCC1)c1c(C(F)(F)F)ccc2cncn12.OC(CC1CCCCC1)c1c(I)ccc2cncn12.OC(c1c(C(F)(F)F)ccc2cncn12)C1CCCCC1.OC(c1c(I)ccc2cncn12)C1CCCCC1. The Labute approximate surface area is 830 Å². The van der Waals surface area contributed by atoms with E-state index in [2.05, 4.69) is 124 Å². The highest BCUT2D eigenvalue weighted by Crippen LogP contribution is 2.47. The van der Waals surface area contributed by atoms with Gasteiger partial charge < -0.3 is 44.5 Å². The van der Waals surface area contributed by atoms with Crippen molar-refractivity contribution in [3.8, 4) is 12.3 Å². The number of alkyl halides is 6. The van der Waals surface area contributed by atoms with Crippen molar-refractivity contribution < 1.29 is 62.1 Å². The lowest BCUT2D eigenvalue weighted by Gasteiger charge is -2.31. The van der Waals surface area contributed by atoms with Gasteiger partial charge in [-0.25, -0.2) is 34.9 Å². The highest BCUT2D eigenvalue weighted by Gasteiger charge is 2.41. The molecule has 0 amide bonds.